The van der Waals surface area contributed by atoms with Crippen LogP contribution in [0.1, 0.15) is 25.8 Å². The summed E-state index contributed by atoms with van der Waals surface area (Å²) in [5.41, 5.74) is 4.58. The molecule has 0 aliphatic carbocycles. The van der Waals surface area contributed by atoms with E-state index >= 15 is 0 Å². The van der Waals surface area contributed by atoms with Crippen molar-refractivity contribution in [2.75, 3.05) is 18.1 Å². The van der Waals surface area contributed by atoms with Crippen LogP contribution in [0.4, 0.5) is 10.1 Å². The Morgan fingerprint density at radius 2 is 2.25 bits per heavy atom. The summed E-state index contributed by atoms with van der Waals surface area (Å²) >= 11 is 0.520. The van der Waals surface area contributed by atoms with Gasteiger partial charge >= 0.3 is 0 Å². The van der Waals surface area contributed by atoms with E-state index in [0.29, 0.717) is 34.7 Å². The number of fused-ring (bicyclic) bond motifs is 2. The standard InChI is InChI=1S/C21H22FN3O2S/c1-3-25-14(12-28-26)9-8-13-6-5-7-15(20(13)25)21-23-17-10-16(22)19(27-4-2)11-18(17)24-21/h5-7,10-12,14H,3-4,8-9H2,1-2H3,(H,23,24). The summed E-state index contributed by atoms with van der Waals surface area (Å²) in [5, 5.41) is 1.76. The molecule has 1 N–H and O–H groups in total. The lowest BCUT2D eigenvalue weighted by molar-refractivity contribution is 0.322. The minimum Gasteiger partial charge on any atom is -0.491 e. The molecule has 0 saturated heterocycles. The Morgan fingerprint density at radius 1 is 1.39 bits per heavy atom. The largest absolute Gasteiger partial charge is 0.491 e. The van der Waals surface area contributed by atoms with Crippen LogP contribution in [0.15, 0.2) is 30.3 Å². The quantitative estimate of drug-likeness (QED) is 0.661. The molecule has 146 valence electrons. The first-order valence-electron chi connectivity index (χ1n) is 9.49. The first-order chi connectivity index (χ1) is 13.7. The number of para-hydroxylation sites is 1. The third-order valence-corrected chi connectivity index (χ3v) is 5.59. The van der Waals surface area contributed by atoms with E-state index in [2.05, 4.69) is 22.9 Å². The van der Waals surface area contributed by atoms with Crippen molar-refractivity contribution in [1.82, 2.24) is 9.97 Å². The molecule has 28 heavy (non-hydrogen) atoms. The van der Waals surface area contributed by atoms with Gasteiger partial charge < -0.3 is 14.6 Å². The molecule has 0 amide bonds. The van der Waals surface area contributed by atoms with Crippen LogP contribution in [0.2, 0.25) is 0 Å². The molecule has 0 spiro atoms. The number of aryl methyl sites for hydroxylation is 1. The Kier molecular flexibility index (Phi) is 5.17. The molecule has 0 bridgehead atoms. The molecule has 3 aromatic rings. The lowest BCUT2D eigenvalue weighted by Crippen LogP contribution is -2.40. The highest BCUT2D eigenvalue weighted by Gasteiger charge is 2.27. The predicted molar refractivity (Wildman–Crippen MR) is 112 cm³/mol. The van der Waals surface area contributed by atoms with Crippen LogP contribution in [-0.4, -0.2) is 38.7 Å². The van der Waals surface area contributed by atoms with Crippen LogP contribution < -0.4 is 9.64 Å². The molecule has 1 aromatic heterocycles. The molecule has 7 heteroatoms. The zero-order valence-corrected chi connectivity index (χ0v) is 16.7. The molecule has 2 heterocycles. The fourth-order valence-electron chi connectivity index (χ4n) is 3.95. The topological polar surface area (TPSA) is 58.2 Å². The molecule has 1 aliphatic rings. The SMILES string of the molecule is CCOc1cc2nc(-c3cccc4c3N(CC)C(C=S=O)CC4)[nH]c2cc1F. The highest BCUT2D eigenvalue weighted by molar-refractivity contribution is 7.65. The second-order valence-corrected chi connectivity index (χ2v) is 7.22. The van der Waals surface area contributed by atoms with Gasteiger partial charge in [0.1, 0.15) is 5.82 Å². The van der Waals surface area contributed by atoms with E-state index in [1.54, 1.807) is 11.4 Å². The molecule has 2 aromatic carbocycles. The number of benzene rings is 2. The number of nitrogens with one attached hydrogen (secondary N) is 1. The maximum absolute atomic E-state index is 14.2. The summed E-state index contributed by atoms with van der Waals surface area (Å²) in [5.74, 6) is 0.492. The van der Waals surface area contributed by atoms with E-state index in [0.717, 1.165) is 30.6 Å². The van der Waals surface area contributed by atoms with Gasteiger partial charge in [-0.25, -0.2) is 13.6 Å². The lowest BCUT2D eigenvalue weighted by Gasteiger charge is -2.37. The minimum absolute atomic E-state index is 0.0903. The van der Waals surface area contributed by atoms with Crippen LogP contribution >= 0.6 is 0 Å². The molecule has 1 aliphatic heterocycles. The summed E-state index contributed by atoms with van der Waals surface area (Å²) in [6, 6.07) is 9.31. The maximum atomic E-state index is 14.2. The monoisotopic (exact) mass is 399 g/mol. The zero-order chi connectivity index (χ0) is 19.7. The van der Waals surface area contributed by atoms with Crippen LogP contribution in [0.5, 0.6) is 5.75 Å². The van der Waals surface area contributed by atoms with Gasteiger partial charge in [0.15, 0.2) is 11.6 Å². The molecular formula is C21H22FN3O2S. The number of rotatable bonds is 5. The van der Waals surface area contributed by atoms with E-state index in [9.17, 15) is 8.60 Å². The Morgan fingerprint density at radius 3 is 3.00 bits per heavy atom. The number of imidazole rings is 1. The minimum atomic E-state index is -0.406. The predicted octanol–water partition coefficient (Wildman–Crippen LogP) is 3.92. The maximum Gasteiger partial charge on any atom is 0.167 e. The van der Waals surface area contributed by atoms with Gasteiger partial charge in [0.25, 0.3) is 0 Å². The fourth-order valence-corrected chi connectivity index (χ4v) is 4.36. The van der Waals surface area contributed by atoms with E-state index in [1.165, 1.54) is 11.6 Å². The van der Waals surface area contributed by atoms with Crippen molar-refractivity contribution in [3.8, 4) is 17.1 Å². The highest BCUT2D eigenvalue weighted by atomic mass is 32.1. The average molecular weight is 399 g/mol. The summed E-state index contributed by atoms with van der Waals surface area (Å²) < 4.78 is 30.7. The fraction of sp³-hybridized carbons (Fsp3) is 0.333. The summed E-state index contributed by atoms with van der Waals surface area (Å²) in [7, 11) is 0. The smallest absolute Gasteiger partial charge is 0.167 e. The third kappa shape index (κ3) is 3.20. The Bertz CT molecular complexity index is 1070. The van der Waals surface area contributed by atoms with Crippen LogP contribution in [0.25, 0.3) is 22.4 Å². The second kappa shape index (κ2) is 7.75. The van der Waals surface area contributed by atoms with E-state index < -0.39 is 5.82 Å². The number of anilines is 1. The number of nitrogens with zero attached hydrogens (tertiary/aromatic N) is 2. The third-order valence-electron chi connectivity index (χ3n) is 5.16. The number of aromatic amines is 1. The van der Waals surface area contributed by atoms with Crippen molar-refractivity contribution in [3.05, 3.63) is 41.7 Å². The number of H-pyrrole nitrogens is 1. The van der Waals surface area contributed by atoms with Gasteiger partial charge in [-0.3, -0.25) is 0 Å². The second-order valence-electron chi connectivity index (χ2n) is 6.76. The summed E-state index contributed by atoms with van der Waals surface area (Å²) in [6.07, 6.45) is 1.83. The van der Waals surface area contributed by atoms with Crippen LogP contribution in [-0.2, 0) is 17.7 Å². The molecule has 5 nitrogen and oxygen atoms in total. The first kappa shape index (κ1) is 18.7. The Balaban J connectivity index is 1.85. The number of halogens is 1. The van der Waals surface area contributed by atoms with Crippen LogP contribution in [0, 0.1) is 5.82 Å². The molecular weight excluding hydrogens is 377 g/mol. The number of hydrogen-bond acceptors (Lipinski definition) is 4. The molecule has 1 atom stereocenters. The first-order valence-corrected chi connectivity index (χ1v) is 10.3. The normalized spacial score (nSPS) is 16.1. The molecule has 0 radical (unpaired) electrons. The molecule has 0 fully saturated rings. The number of ether oxygens (including phenoxy) is 1. The summed E-state index contributed by atoms with van der Waals surface area (Å²) in [4.78, 5) is 10.2. The van der Waals surface area contributed by atoms with Gasteiger partial charge in [-0.15, -0.1) is 0 Å². The van der Waals surface area contributed by atoms with E-state index in [4.69, 9.17) is 9.72 Å². The van der Waals surface area contributed by atoms with Gasteiger partial charge in [0.05, 0.1) is 40.6 Å². The molecule has 4 rings (SSSR count). The van der Waals surface area contributed by atoms with Crippen molar-refractivity contribution < 1.29 is 13.3 Å². The van der Waals surface area contributed by atoms with Crippen molar-refractivity contribution in [2.24, 2.45) is 0 Å². The molecule has 0 saturated carbocycles. The average Bonchev–Trinajstić information content (AvgIpc) is 3.10. The zero-order valence-electron chi connectivity index (χ0n) is 15.9. The van der Waals surface area contributed by atoms with Gasteiger partial charge in [-0.2, -0.15) is 0 Å². The van der Waals surface area contributed by atoms with Crippen molar-refractivity contribution in [1.29, 1.82) is 0 Å². The lowest BCUT2D eigenvalue weighted by atomic mass is 9.93. The van der Waals surface area contributed by atoms with E-state index in [-0.39, 0.29) is 11.8 Å². The number of aromatic nitrogens is 2. The van der Waals surface area contributed by atoms with Gasteiger partial charge in [-0.1, -0.05) is 12.1 Å². The molecule has 1 unspecified atom stereocenters. The van der Waals surface area contributed by atoms with Crippen molar-refractivity contribution >= 4 is 33.3 Å². The van der Waals surface area contributed by atoms with Gasteiger partial charge in [0, 0.05) is 29.6 Å². The summed E-state index contributed by atoms with van der Waals surface area (Å²) in [6.45, 7) is 5.09. The van der Waals surface area contributed by atoms with Crippen molar-refractivity contribution in [2.45, 2.75) is 32.7 Å². The van der Waals surface area contributed by atoms with Crippen LogP contribution in [0.3, 0.4) is 0 Å². The number of hydrogen-bond donors (Lipinski definition) is 1. The van der Waals surface area contributed by atoms with Gasteiger partial charge in [-0.05, 0) is 38.3 Å². The Labute approximate surface area is 166 Å². The van der Waals surface area contributed by atoms with Gasteiger partial charge in [0.2, 0.25) is 0 Å². The van der Waals surface area contributed by atoms with E-state index in [1.807, 2.05) is 19.1 Å². The van der Waals surface area contributed by atoms with Crippen molar-refractivity contribution in [3.63, 3.8) is 0 Å². The highest BCUT2D eigenvalue weighted by Crippen LogP contribution is 2.39. The Hall–Kier alpha value is -2.67.